The number of hydrogen-bond donors (Lipinski definition) is 0. The lowest BCUT2D eigenvalue weighted by atomic mass is 9.88. The lowest BCUT2D eigenvalue weighted by molar-refractivity contribution is 1.02. The quantitative estimate of drug-likeness (QED) is 0.182. The Morgan fingerprint density at radius 3 is 1.52 bits per heavy atom. The molecule has 0 aliphatic heterocycles. The molecule has 0 spiro atoms. The van der Waals surface area contributed by atoms with E-state index in [0.29, 0.717) is 0 Å². The maximum atomic E-state index is 2.51. The average Bonchev–Trinajstić information content (AvgIpc) is 3.90. The van der Waals surface area contributed by atoms with E-state index in [1.54, 1.807) is 0 Å². The van der Waals surface area contributed by atoms with E-state index in [1.165, 1.54) is 71.7 Å². The summed E-state index contributed by atoms with van der Waals surface area (Å²) in [6.45, 7) is 0. The second kappa shape index (κ2) is 10.5. The van der Waals surface area contributed by atoms with Crippen LogP contribution in [0.25, 0.3) is 72.1 Å². The van der Waals surface area contributed by atoms with E-state index in [0.717, 1.165) is 17.1 Å². The van der Waals surface area contributed by atoms with Gasteiger partial charge in [-0.25, -0.2) is 0 Å². The number of rotatable bonds is 4. The molecule has 1 unspecified atom stereocenters. The minimum Gasteiger partial charge on any atom is -0.309 e. The van der Waals surface area contributed by atoms with Crippen LogP contribution in [0.3, 0.4) is 0 Å². The van der Waals surface area contributed by atoms with Crippen molar-refractivity contribution in [3.8, 4) is 28.3 Å². The van der Waals surface area contributed by atoms with E-state index in [1.807, 2.05) is 0 Å². The number of fused-ring (bicyclic) bond motifs is 10. The third-order valence-corrected chi connectivity index (χ3v) is 10.7. The first-order chi connectivity index (χ1) is 24.9. The van der Waals surface area contributed by atoms with Crippen LogP contribution in [0.2, 0.25) is 0 Å². The van der Waals surface area contributed by atoms with E-state index in [9.17, 15) is 0 Å². The van der Waals surface area contributed by atoms with Gasteiger partial charge in [-0.15, -0.1) is 0 Å². The summed E-state index contributed by atoms with van der Waals surface area (Å²) >= 11 is 0. The summed E-state index contributed by atoms with van der Waals surface area (Å²) in [5, 5.41) is 3.78. The van der Waals surface area contributed by atoms with E-state index >= 15 is 0 Å². The van der Waals surface area contributed by atoms with Gasteiger partial charge < -0.3 is 13.7 Å². The van der Waals surface area contributed by atoms with Gasteiger partial charge in [0.1, 0.15) is 0 Å². The number of para-hydroxylation sites is 4. The maximum absolute atomic E-state index is 2.51. The number of benzene rings is 7. The van der Waals surface area contributed by atoms with Crippen molar-refractivity contribution in [1.29, 1.82) is 0 Å². The zero-order chi connectivity index (χ0) is 32.8. The first kappa shape index (κ1) is 27.4. The predicted molar refractivity (Wildman–Crippen MR) is 207 cm³/mol. The second-order valence-electron chi connectivity index (χ2n) is 13.3. The average molecular weight is 638 g/mol. The molecule has 7 aromatic carbocycles. The maximum Gasteiger partial charge on any atom is 0.0803 e. The van der Waals surface area contributed by atoms with Crippen LogP contribution in [0, 0.1) is 0 Å². The Labute approximate surface area is 289 Å². The van der Waals surface area contributed by atoms with Gasteiger partial charge in [-0.1, -0.05) is 133 Å². The summed E-state index contributed by atoms with van der Waals surface area (Å²) in [4.78, 5) is 0. The first-order valence-corrected chi connectivity index (χ1v) is 17.3. The van der Waals surface area contributed by atoms with Crippen LogP contribution in [-0.4, -0.2) is 13.7 Å². The zero-order valence-corrected chi connectivity index (χ0v) is 27.2. The minimum atomic E-state index is 0.175. The van der Waals surface area contributed by atoms with Crippen LogP contribution in [0.1, 0.15) is 22.6 Å². The Kier molecular flexibility index (Phi) is 5.73. The van der Waals surface area contributed by atoms with Crippen molar-refractivity contribution in [1.82, 2.24) is 13.7 Å². The molecule has 1 aliphatic carbocycles. The molecule has 0 fully saturated rings. The molecule has 0 saturated carbocycles. The Hall–Kier alpha value is -6.58. The molecule has 0 radical (unpaired) electrons. The molecular weight excluding hydrogens is 607 g/mol. The summed E-state index contributed by atoms with van der Waals surface area (Å²) < 4.78 is 7.41. The van der Waals surface area contributed by atoms with E-state index in [-0.39, 0.29) is 5.92 Å². The van der Waals surface area contributed by atoms with Crippen molar-refractivity contribution in [3.05, 3.63) is 199 Å². The Morgan fingerprint density at radius 1 is 0.360 bits per heavy atom. The Morgan fingerprint density at radius 2 is 0.840 bits per heavy atom. The molecule has 0 bridgehead atoms. The predicted octanol–water partition coefficient (Wildman–Crippen LogP) is 11.8. The highest BCUT2D eigenvalue weighted by molar-refractivity contribution is 6.20. The largest absolute Gasteiger partial charge is 0.309 e. The summed E-state index contributed by atoms with van der Waals surface area (Å²) in [6.07, 6.45) is 0. The topological polar surface area (TPSA) is 14.8 Å². The molecule has 3 heterocycles. The summed E-state index contributed by atoms with van der Waals surface area (Å²) in [6, 6.07) is 66.4. The summed E-state index contributed by atoms with van der Waals surface area (Å²) in [5.41, 5.74) is 16.2. The molecule has 0 amide bonds. The summed E-state index contributed by atoms with van der Waals surface area (Å²) in [7, 11) is 0. The van der Waals surface area contributed by atoms with E-state index in [4.69, 9.17) is 0 Å². The normalized spacial score (nSPS) is 13.8. The zero-order valence-electron chi connectivity index (χ0n) is 27.2. The number of nitrogens with zero attached hydrogens (tertiary/aromatic N) is 3. The number of aromatic nitrogens is 3. The van der Waals surface area contributed by atoms with Gasteiger partial charge in [-0.05, 0) is 65.2 Å². The molecular formula is C47H31N3. The number of hydrogen-bond acceptors (Lipinski definition) is 0. The van der Waals surface area contributed by atoms with Gasteiger partial charge in [0.05, 0.1) is 33.3 Å². The Balaban J connectivity index is 1.21. The molecule has 11 rings (SSSR count). The fraction of sp³-hybridized carbons (Fsp3) is 0.0213. The standard InChI is InChI=1S/C47H31N3/c1-3-16-31(17-4-1)43-35-22-7-8-23-36(35)45-44(43)37-24-9-12-27-40(37)49(45)33-20-15-21-34(30-33)50-42-29-14-11-26-39(42)46-47(50)38-25-10-13-28-41(38)48(46)32-18-5-2-6-19-32/h1-30,43H. The van der Waals surface area contributed by atoms with Gasteiger partial charge >= 0.3 is 0 Å². The van der Waals surface area contributed by atoms with Gasteiger partial charge in [-0.2, -0.15) is 0 Å². The van der Waals surface area contributed by atoms with Crippen molar-refractivity contribution in [2.24, 2.45) is 0 Å². The van der Waals surface area contributed by atoms with Crippen molar-refractivity contribution in [2.75, 3.05) is 0 Å². The third-order valence-electron chi connectivity index (χ3n) is 10.7. The molecule has 234 valence electrons. The van der Waals surface area contributed by atoms with Gasteiger partial charge in [0.2, 0.25) is 0 Å². The van der Waals surface area contributed by atoms with Crippen LogP contribution in [0.4, 0.5) is 0 Å². The molecule has 0 saturated heterocycles. The molecule has 3 nitrogen and oxygen atoms in total. The lowest BCUT2D eigenvalue weighted by Crippen LogP contribution is -2.00. The van der Waals surface area contributed by atoms with Crippen molar-refractivity contribution >= 4 is 43.7 Å². The molecule has 1 atom stereocenters. The molecule has 1 aliphatic rings. The van der Waals surface area contributed by atoms with Crippen LogP contribution in [-0.2, 0) is 0 Å². The van der Waals surface area contributed by atoms with Crippen molar-refractivity contribution < 1.29 is 0 Å². The third kappa shape index (κ3) is 3.69. The molecule has 10 aromatic rings. The van der Waals surface area contributed by atoms with Gasteiger partial charge in [0.25, 0.3) is 0 Å². The smallest absolute Gasteiger partial charge is 0.0803 e. The SMILES string of the molecule is c1ccc(C2c3ccccc3-c3c2c2ccccc2n3-c2cccc(-n3c4ccccc4c4c3c3ccccc3n4-c3ccccc3)c2)cc1. The summed E-state index contributed by atoms with van der Waals surface area (Å²) in [5.74, 6) is 0.175. The van der Waals surface area contributed by atoms with Crippen LogP contribution in [0.15, 0.2) is 182 Å². The molecule has 3 aromatic heterocycles. The fourth-order valence-corrected chi connectivity index (χ4v) is 8.77. The lowest BCUT2D eigenvalue weighted by Gasteiger charge is -2.15. The molecule has 50 heavy (non-hydrogen) atoms. The highest BCUT2D eigenvalue weighted by atomic mass is 15.1. The molecule has 0 N–H and O–H groups in total. The monoisotopic (exact) mass is 637 g/mol. The molecule has 3 heteroatoms. The minimum absolute atomic E-state index is 0.175. The van der Waals surface area contributed by atoms with Crippen molar-refractivity contribution in [2.45, 2.75) is 5.92 Å². The van der Waals surface area contributed by atoms with Crippen LogP contribution >= 0.6 is 0 Å². The van der Waals surface area contributed by atoms with Crippen molar-refractivity contribution in [3.63, 3.8) is 0 Å². The van der Waals surface area contributed by atoms with Gasteiger partial charge in [0, 0.05) is 44.7 Å². The van der Waals surface area contributed by atoms with Gasteiger partial charge in [0.15, 0.2) is 0 Å². The van der Waals surface area contributed by atoms with Crippen LogP contribution in [0.5, 0.6) is 0 Å². The van der Waals surface area contributed by atoms with Gasteiger partial charge in [-0.3, -0.25) is 0 Å². The fourth-order valence-electron chi connectivity index (χ4n) is 8.77. The van der Waals surface area contributed by atoms with E-state index in [2.05, 4.69) is 196 Å². The van der Waals surface area contributed by atoms with E-state index < -0.39 is 0 Å². The second-order valence-corrected chi connectivity index (χ2v) is 13.3. The highest BCUT2D eigenvalue weighted by Crippen LogP contribution is 2.53. The Bertz CT molecular complexity index is 2920. The van der Waals surface area contributed by atoms with Crippen LogP contribution < -0.4 is 0 Å². The highest BCUT2D eigenvalue weighted by Gasteiger charge is 2.35. The first-order valence-electron chi connectivity index (χ1n) is 17.3.